The van der Waals surface area contributed by atoms with Gasteiger partial charge in [0.2, 0.25) is 11.8 Å². The molecule has 1 saturated heterocycles. The molecule has 24 heavy (non-hydrogen) atoms. The van der Waals surface area contributed by atoms with Crippen molar-refractivity contribution in [1.29, 1.82) is 0 Å². The first-order valence-electron chi connectivity index (χ1n) is 8.40. The smallest absolute Gasteiger partial charge is 0.246 e. The average Bonchev–Trinajstić information content (AvgIpc) is 2.53. The Kier molecular flexibility index (Phi) is 6.55. The molecule has 1 unspecified atom stereocenters. The van der Waals surface area contributed by atoms with Gasteiger partial charge in [-0.05, 0) is 36.1 Å². The van der Waals surface area contributed by atoms with Gasteiger partial charge in [0.05, 0.1) is 19.3 Å². The molecule has 5 nitrogen and oxygen atoms in total. The minimum absolute atomic E-state index is 0.0230. The number of nitrogens with one attached hydrogen (secondary N) is 1. The summed E-state index contributed by atoms with van der Waals surface area (Å²) in [5, 5.41) is 2.72. The third-order valence-corrected chi connectivity index (χ3v) is 3.90. The van der Waals surface area contributed by atoms with E-state index in [1.165, 1.54) is 6.92 Å². The standard InChI is InChI=1S/C19H26N2O3/c1-14(2)12-18-13-24-11-10-21(18)19(23)9-6-16-4-7-17(8-5-16)20-15(3)22/h4-9,14,18H,10-13H2,1-3H3,(H,20,22)/b9-6+. The molecule has 0 aliphatic carbocycles. The van der Waals surface area contributed by atoms with E-state index < -0.39 is 0 Å². The fourth-order valence-electron chi connectivity index (χ4n) is 2.83. The Morgan fingerprint density at radius 1 is 1.33 bits per heavy atom. The van der Waals surface area contributed by atoms with Crippen LogP contribution in [0.25, 0.3) is 6.08 Å². The first kappa shape index (κ1) is 18.2. The molecule has 1 fully saturated rings. The quantitative estimate of drug-likeness (QED) is 0.845. The molecule has 0 aromatic heterocycles. The SMILES string of the molecule is CC(=O)Nc1ccc(/C=C/C(=O)N2CCOCC2CC(C)C)cc1. The van der Waals surface area contributed by atoms with Gasteiger partial charge >= 0.3 is 0 Å². The van der Waals surface area contributed by atoms with E-state index in [2.05, 4.69) is 19.2 Å². The van der Waals surface area contributed by atoms with Gasteiger partial charge < -0.3 is 15.0 Å². The summed E-state index contributed by atoms with van der Waals surface area (Å²) in [4.78, 5) is 25.4. The Hall–Kier alpha value is -2.14. The number of carbonyl (C=O) groups is 2. The van der Waals surface area contributed by atoms with Crippen LogP contribution < -0.4 is 5.32 Å². The third kappa shape index (κ3) is 5.49. The molecule has 1 aliphatic rings. The number of amides is 2. The molecule has 1 aliphatic heterocycles. The molecule has 2 amide bonds. The van der Waals surface area contributed by atoms with Gasteiger partial charge in [-0.25, -0.2) is 0 Å². The van der Waals surface area contributed by atoms with Crippen molar-refractivity contribution in [1.82, 2.24) is 4.90 Å². The Bertz CT molecular complexity index is 593. The highest BCUT2D eigenvalue weighted by Crippen LogP contribution is 2.17. The van der Waals surface area contributed by atoms with Crippen molar-refractivity contribution >= 4 is 23.6 Å². The minimum Gasteiger partial charge on any atom is -0.377 e. The number of nitrogens with zero attached hydrogens (tertiary/aromatic N) is 1. The predicted octanol–water partition coefficient (Wildman–Crippen LogP) is 2.93. The van der Waals surface area contributed by atoms with Gasteiger partial charge in [0.15, 0.2) is 0 Å². The number of hydrogen-bond donors (Lipinski definition) is 1. The highest BCUT2D eigenvalue weighted by molar-refractivity contribution is 5.92. The number of morpholine rings is 1. The summed E-state index contributed by atoms with van der Waals surface area (Å²) in [6, 6.07) is 7.54. The van der Waals surface area contributed by atoms with E-state index in [0.29, 0.717) is 25.7 Å². The molecule has 1 aromatic rings. The Morgan fingerprint density at radius 3 is 2.67 bits per heavy atom. The fraction of sp³-hybridized carbons (Fsp3) is 0.474. The molecule has 0 bridgehead atoms. The lowest BCUT2D eigenvalue weighted by atomic mass is 10.0. The molecule has 0 saturated carbocycles. The summed E-state index contributed by atoms with van der Waals surface area (Å²) >= 11 is 0. The van der Waals surface area contributed by atoms with Crippen molar-refractivity contribution < 1.29 is 14.3 Å². The van der Waals surface area contributed by atoms with Crippen molar-refractivity contribution in [3.8, 4) is 0 Å². The topological polar surface area (TPSA) is 58.6 Å². The second-order valence-electron chi connectivity index (χ2n) is 6.53. The van der Waals surface area contributed by atoms with Crippen LogP contribution in [0.3, 0.4) is 0 Å². The van der Waals surface area contributed by atoms with Crippen molar-refractivity contribution in [2.75, 3.05) is 25.1 Å². The molecule has 1 heterocycles. The Labute approximate surface area is 143 Å². The molecule has 1 atom stereocenters. The van der Waals surface area contributed by atoms with Crippen LogP contribution in [0.5, 0.6) is 0 Å². The number of rotatable bonds is 5. The fourth-order valence-corrected chi connectivity index (χ4v) is 2.83. The maximum atomic E-state index is 12.5. The largest absolute Gasteiger partial charge is 0.377 e. The second kappa shape index (κ2) is 8.64. The molecule has 5 heteroatoms. The van der Waals surface area contributed by atoms with Gasteiger partial charge in [-0.2, -0.15) is 0 Å². The number of carbonyl (C=O) groups excluding carboxylic acids is 2. The van der Waals surface area contributed by atoms with Gasteiger partial charge in [-0.3, -0.25) is 9.59 Å². The van der Waals surface area contributed by atoms with Gasteiger partial charge in [-0.15, -0.1) is 0 Å². The predicted molar refractivity (Wildman–Crippen MR) is 95.6 cm³/mol. The summed E-state index contributed by atoms with van der Waals surface area (Å²) in [6.45, 7) is 7.64. The summed E-state index contributed by atoms with van der Waals surface area (Å²) < 4.78 is 5.52. The third-order valence-electron chi connectivity index (χ3n) is 3.90. The van der Waals surface area contributed by atoms with Crippen LogP contribution in [0.2, 0.25) is 0 Å². The summed E-state index contributed by atoms with van der Waals surface area (Å²) in [5.41, 5.74) is 1.67. The number of anilines is 1. The number of ether oxygens (including phenoxy) is 1. The zero-order valence-corrected chi connectivity index (χ0v) is 14.6. The van der Waals surface area contributed by atoms with Gasteiger partial charge in [0.25, 0.3) is 0 Å². The maximum Gasteiger partial charge on any atom is 0.246 e. The van der Waals surface area contributed by atoms with Crippen LogP contribution >= 0.6 is 0 Å². The van der Waals surface area contributed by atoms with Crippen LogP contribution in [-0.2, 0) is 14.3 Å². The van der Waals surface area contributed by atoms with E-state index in [0.717, 1.165) is 17.7 Å². The van der Waals surface area contributed by atoms with E-state index in [1.807, 2.05) is 35.2 Å². The maximum absolute atomic E-state index is 12.5. The van der Waals surface area contributed by atoms with Crippen LogP contribution in [0.4, 0.5) is 5.69 Å². The molecule has 1 N–H and O–H groups in total. The van der Waals surface area contributed by atoms with Gasteiger partial charge in [0.1, 0.15) is 0 Å². The monoisotopic (exact) mass is 330 g/mol. The second-order valence-corrected chi connectivity index (χ2v) is 6.53. The average molecular weight is 330 g/mol. The minimum atomic E-state index is -0.100. The molecular formula is C19H26N2O3. The lowest BCUT2D eigenvalue weighted by molar-refractivity contribution is -0.135. The molecule has 1 aromatic carbocycles. The van der Waals surface area contributed by atoms with E-state index in [9.17, 15) is 9.59 Å². The van der Waals surface area contributed by atoms with E-state index >= 15 is 0 Å². The highest BCUT2D eigenvalue weighted by atomic mass is 16.5. The molecule has 0 radical (unpaired) electrons. The van der Waals surface area contributed by atoms with Crippen molar-refractivity contribution in [3.05, 3.63) is 35.9 Å². The molecule has 130 valence electrons. The van der Waals surface area contributed by atoms with Crippen LogP contribution in [0.1, 0.15) is 32.8 Å². The number of hydrogen-bond acceptors (Lipinski definition) is 3. The van der Waals surface area contributed by atoms with E-state index in [4.69, 9.17) is 4.74 Å². The first-order valence-corrected chi connectivity index (χ1v) is 8.40. The van der Waals surface area contributed by atoms with E-state index in [1.54, 1.807) is 6.08 Å². The summed E-state index contributed by atoms with van der Waals surface area (Å²) in [7, 11) is 0. The van der Waals surface area contributed by atoms with Crippen LogP contribution in [-0.4, -0.2) is 42.5 Å². The Morgan fingerprint density at radius 2 is 2.04 bits per heavy atom. The van der Waals surface area contributed by atoms with Crippen molar-refractivity contribution in [2.45, 2.75) is 33.2 Å². The van der Waals surface area contributed by atoms with Crippen molar-refractivity contribution in [2.24, 2.45) is 5.92 Å². The first-order chi connectivity index (χ1) is 11.5. The van der Waals surface area contributed by atoms with E-state index in [-0.39, 0.29) is 17.9 Å². The van der Waals surface area contributed by atoms with Crippen molar-refractivity contribution in [3.63, 3.8) is 0 Å². The zero-order valence-electron chi connectivity index (χ0n) is 14.6. The van der Waals surface area contributed by atoms with Crippen LogP contribution in [0.15, 0.2) is 30.3 Å². The van der Waals surface area contributed by atoms with Crippen LogP contribution in [0, 0.1) is 5.92 Å². The van der Waals surface area contributed by atoms with Gasteiger partial charge in [0, 0.05) is 25.2 Å². The summed E-state index contributed by atoms with van der Waals surface area (Å²) in [6.07, 6.45) is 4.37. The molecule has 0 spiro atoms. The molecule has 2 rings (SSSR count). The lowest BCUT2D eigenvalue weighted by Crippen LogP contribution is -2.48. The summed E-state index contributed by atoms with van der Waals surface area (Å²) in [5.74, 6) is 0.448. The lowest BCUT2D eigenvalue weighted by Gasteiger charge is -2.36. The number of benzene rings is 1. The normalized spacial score (nSPS) is 18.2. The van der Waals surface area contributed by atoms with Gasteiger partial charge in [-0.1, -0.05) is 26.0 Å². The highest BCUT2D eigenvalue weighted by Gasteiger charge is 2.26. The Balaban J connectivity index is 1.99. The zero-order chi connectivity index (χ0) is 17.5. The molecular weight excluding hydrogens is 304 g/mol.